The summed E-state index contributed by atoms with van der Waals surface area (Å²) in [5, 5.41) is 0. The molecular weight excluding hydrogens is 321 g/mol. The number of Topliss-reactive ketones (excluding diaryl/α,β-unsaturated/α-hetero) is 1. The minimum Gasteiger partial charge on any atom is -0.350 e. The average molecular weight is 341 g/mol. The van der Waals surface area contributed by atoms with Crippen LogP contribution in [0.2, 0.25) is 0 Å². The lowest BCUT2D eigenvalue weighted by atomic mass is 10.1. The number of aromatic nitrogens is 1. The number of nitrogens with zero attached hydrogens (tertiary/aromatic N) is 3. The van der Waals surface area contributed by atoms with Gasteiger partial charge in [0, 0.05) is 36.8 Å². The molecule has 1 unspecified atom stereocenters. The summed E-state index contributed by atoms with van der Waals surface area (Å²) in [7, 11) is 0. The first kappa shape index (κ1) is 17.1. The molecule has 1 saturated heterocycles. The number of rotatable bonds is 3. The van der Waals surface area contributed by atoms with E-state index in [9.17, 15) is 14.0 Å². The van der Waals surface area contributed by atoms with Crippen molar-refractivity contribution in [1.29, 1.82) is 0 Å². The first-order valence-corrected chi connectivity index (χ1v) is 8.25. The highest BCUT2D eigenvalue weighted by atomic mass is 19.1. The van der Waals surface area contributed by atoms with Gasteiger partial charge in [-0.25, -0.2) is 4.98 Å². The molecule has 1 atom stereocenters. The standard InChI is InChI=1S/C19H20FN3O2/c1-13-12-22(10-11-23(13)18-5-3-4-17(20)21-18)19(25)16-8-6-15(7-9-16)14(2)24/h3-9,13H,10-12H2,1-2H3. The second kappa shape index (κ2) is 7.01. The third-order valence-electron chi connectivity index (χ3n) is 4.45. The van der Waals surface area contributed by atoms with Crippen LogP contribution in [0, 0.1) is 5.95 Å². The second-order valence-electron chi connectivity index (χ2n) is 6.25. The fourth-order valence-corrected chi connectivity index (χ4v) is 3.07. The highest BCUT2D eigenvalue weighted by Crippen LogP contribution is 2.20. The van der Waals surface area contributed by atoms with Gasteiger partial charge in [0.05, 0.1) is 0 Å². The topological polar surface area (TPSA) is 53.5 Å². The van der Waals surface area contributed by atoms with E-state index in [-0.39, 0.29) is 17.7 Å². The van der Waals surface area contributed by atoms with Crippen LogP contribution in [0.15, 0.2) is 42.5 Å². The van der Waals surface area contributed by atoms with Gasteiger partial charge in [0.15, 0.2) is 5.78 Å². The van der Waals surface area contributed by atoms with Gasteiger partial charge in [0.25, 0.3) is 5.91 Å². The van der Waals surface area contributed by atoms with Crippen molar-refractivity contribution in [2.24, 2.45) is 0 Å². The van der Waals surface area contributed by atoms with Crippen LogP contribution in [-0.4, -0.2) is 47.3 Å². The highest BCUT2D eigenvalue weighted by molar-refractivity contribution is 5.97. The lowest BCUT2D eigenvalue weighted by Gasteiger charge is -2.40. The number of carbonyl (C=O) groups excluding carboxylic acids is 2. The smallest absolute Gasteiger partial charge is 0.253 e. The zero-order valence-corrected chi connectivity index (χ0v) is 14.3. The number of hydrogen-bond acceptors (Lipinski definition) is 4. The zero-order chi connectivity index (χ0) is 18.0. The summed E-state index contributed by atoms with van der Waals surface area (Å²) in [6.45, 7) is 5.15. The van der Waals surface area contributed by atoms with E-state index < -0.39 is 5.95 Å². The van der Waals surface area contributed by atoms with Crippen molar-refractivity contribution in [2.45, 2.75) is 19.9 Å². The van der Waals surface area contributed by atoms with E-state index in [4.69, 9.17) is 0 Å². The van der Waals surface area contributed by atoms with Gasteiger partial charge in [-0.3, -0.25) is 9.59 Å². The quantitative estimate of drug-likeness (QED) is 0.636. The van der Waals surface area contributed by atoms with Gasteiger partial charge in [0.1, 0.15) is 5.82 Å². The Labute approximate surface area is 146 Å². The predicted molar refractivity (Wildman–Crippen MR) is 93.4 cm³/mol. The molecule has 1 aromatic carbocycles. The Kier molecular flexibility index (Phi) is 4.79. The molecule has 1 aliphatic rings. The third-order valence-corrected chi connectivity index (χ3v) is 4.45. The molecule has 1 fully saturated rings. The number of pyridine rings is 1. The molecule has 130 valence electrons. The van der Waals surface area contributed by atoms with Crippen LogP contribution in [0.4, 0.5) is 10.2 Å². The van der Waals surface area contributed by atoms with Crippen molar-refractivity contribution in [3.8, 4) is 0 Å². The summed E-state index contributed by atoms with van der Waals surface area (Å²) in [4.78, 5) is 31.7. The molecule has 1 amide bonds. The van der Waals surface area contributed by atoms with Crippen molar-refractivity contribution in [2.75, 3.05) is 24.5 Å². The van der Waals surface area contributed by atoms with Crippen molar-refractivity contribution >= 4 is 17.5 Å². The molecule has 5 nitrogen and oxygen atoms in total. The maximum Gasteiger partial charge on any atom is 0.253 e. The SMILES string of the molecule is CC(=O)c1ccc(C(=O)N2CCN(c3cccc(F)n3)C(C)C2)cc1. The molecule has 0 bridgehead atoms. The molecule has 6 heteroatoms. The molecule has 0 spiro atoms. The molecule has 0 saturated carbocycles. The van der Waals surface area contributed by atoms with Crippen LogP contribution in [0.1, 0.15) is 34.6 Å². The van der Waals surface area contributed by atoms with Gasteiger partial charge in [-0.05, 0) is 38.1 Å². The summed E-state index contributed by atoms with van der Waals surface area (Å²) >= 11 is 0. The Morgan fingerprint density at radius 2 is 1.76 bits per heavy atom. The largest absolute Gasteiger partial charge is 0.350 e. The summed E-state index contributed by atoms with van der Waals surface area (Å²) in [5.74, 6) is -0.00295. The molecule has 1 aromatic heterocycles. The minimum absolute atomic E-state index is 0.0242. The van der Waals surface area contributed by atoms with Crippen LogP contribution in [-0.2, 0) is 0 Å². The van der Waals surface area contributed by atoms with Crippen LogP contribution in [0.3, 0.4) is 0 Å². The monoisotopic (exact) mass is 341 g/mol. The van der Waals surface area contributed by atoms with Crippen molar-refractivity contribution in [3.05, 3.63) is 59.5 Å². The van der Waals surface area contributed by atoms with Gasteiger partial charge in [-0.15, -0.1) is 0 Å². The van der Waals surface area contributed by atoms with Crippen LogP contribution in [0.25, 0.3) is 0 Å². The third kappa shape index (κ3) is 3.68. The van der Waals surface area contributed by atoms with Crippen molar-refractivity contribution < 1.29 is 14.0 Å². The molecule has 2 heterocycles. The molecule has 0 N–H and O–H groups in total. The Morgan fingerprint density at radius 3 is 2.36 bits per heavy atom. The van der Waals surface area contributed by atoms with E-state index in [1.165, 1.54) is 13.0 Å². The molecule has 25 heavy (non-hydrogen) atoms. The molecule has 3 rings (SSSR count). The van der Waals surface area contributed by atoms with Crippen molar-refractivity contribution in [3.63, 3.8) is 0 Å². The Bertz CT molecular complexity index is 792. The van der Waals surface area contributed by atoms with Crippen LogP contribution < -0.4 is 4.90 Å². The molecular formula is C19H20FN3O2. The van der Waals surface area contributed by atoms with Gasteiger partial charge >= 0.3 is 0 Å². The Hall–Kier alpha value is -2.76. The van der Waals surface area contributed by atoms with E-state index in [2.05, 4.69) is 4.98 Å². The van der Waals surface area contributed by atoms with Crippen LogP contribution >= 0.6 is 0 Å². The number of anilines is 1. The summed E-state index contributed by atoms with van der Waals surface area (Å²) in [6, 6.07) is 11.5. The number of piperazine rings is 1. The molecule has 2 aromatic rings. The Morgan fingerprint density at radius 1 is 1.08 bits per heavy atom. The second-order valence-corrected chi connectivity index (χ2v) is 6.25. The number of hydrogen-bond donors (Lipinski definition) is 0. The van der Waals surface area contributed by atoms with Gasteiger partial charge < -0.3 is 9.80 Å². The Balaban J connectivity index is 1.69. The first-order valence-electron chi connectivity index (χ1n) is 8.25. The van der Waals surface area contributed by atoms with E-state index in [1.807, 2.05) is 11.8 Å². The van der Waals surface area contributed by atoms with E-state index >= 15 is 0 Å². The number of amides is 1. The first-order chi connectivity index (χ1) is 12.0. The summed E-state index contributed by atoms with van der Waals surface area (Å²) in [5.41, 5.74) is 1.15. The fourth-order valence-electron chi connectivity index (χ4n) is 3.07. The average Bonchev–Trinajstić information content (AvgIpc) is 2.61. The highest BCUT2D eigenvalue weighted by Gasteiger charge is 2.28. The normalized spacial score (nSPS) is 17.5. The van der Waals surface area contributed by atoms with Crippen molar-refractivity contribution in [1.82, 2.24) is 9.88 Å². The van der Waals surface area contributed by atoms with Gasteiger partial charge in [-0.1, -0.05) is 18.2 Å². The molecule has 1 aliphatic heterocycles. The minimum atomic E-state index is -0.506. The van der Waals surface area contributed by atoms with Gasteiger partial charge in [-0.2, -0.15) is 4.39 Å². The maximum atomic E-state index is 13.3. The van der Waals surface area contributed by atoms with Gasteiger partial charge in [0.2, 0.25) is 5.95 Å². The maximum absolute atomic E-state index is 13.3. The predicted octanol–water partition coefficient (Wildman–Crippen LogP) is 2.77. The van der Waals surface area contributed by atoms with E-state index in [0.29, 0.717) is 36.6 Å². The lowest BCUT2D eigenvalue weighted by Crippen LogP contribution is -2.54. The fraction of sp³-hybridized carbons (Fsp3) is 0.316. The number of carbonyl (C=O) groups is 2. The zero-order valence-electron chi connectivity index (χ0n) is 14.3. The molecule has 0 aliphatic carbocycles. The van der Waals surface area contributed by atoms with E-state index in [0.717, 1.165) is 0 Å². The van der Waals surface area contributed by atoms with Crippen LogP contribution in [0.5, 0.6) is 0 Å². The summed E-state index contributed by atoms with van der Waals surface area (Å²) in [6.07, 6.45) is 0. The molecule has 0 radical (unpaired) electrons. The number of ketones is 1. The number of halogens is 1. The lowest BCUT2D eigenvalue weighted by molar-refractivity contribution is 0.0725. The summed E-state index contributed by atoms with van der Waals surface area (Å²) < 4.78 is 13.3. The van der Waals surface area contributed by atoms with E-state index in [1.54, 1.807) is 41.3 Å². The number of benzene rings is 1.